The molecule has 2 fully saturated rings. The predicted octanol–water partition coefficient (Wildman–Crippen LogP) is 4.69. The second-order valence-corrected chi connectivity index (χ2v) is 9.55. The van der Waals surface area contributed by atoms with Crippen LogP contribution in [0.2, 0.25) is 10.0 Å². The van der Waals surface area contributed by atoms with Crippen LogP contribution in [0, 0.1) is 5.92 Å². The van der Waals surface area contributed by atoms with Gasteiger partial charge in [0.25, 0.3) is 0 Å². The molecule has 3 aromatic rings. The number of likely N-dealkylation sites (tertiary alicyclic amines) is 1. The van der Waals surface area contributed by atoms with Crippen molar-refractivity contribution in [2.45, 2.75) is 25.7 Å². The molecule has 172 valence electrons. The van der Waals surface area contributed by atoms with Crippen LogP contribution in [-0.2, 0) is 11.8 Å². The second-order valence-electron chi connectivity index (χ2n) is 8.74. The first-order chi connectivity index (χ1) is 16.0. The maximum absolute atomic E-state index is 13.1. The molecule has 0 aliphatic carbocycles. The fraction of sp³-hybridized carbons (Fsp3) is 0.417. The highest BCUT2D eigenvalue weighted by Crippen LogP contribution is 2.38. The number of rotatable bonds is 4. The van der Waals surface area contributed by atoms with Crippen molar-refractivity contribution >= 4 is 34.9 Å². The average molecular weight is 485 g/mol. The maximum Gasteiger partial charge on any atom is 0.227 e. The molecule has 1 unspecified atom stereocenters. The minimum atomic E-state index is 0.00583. The summed E-state index contributed by atoms with van der Waals surface area (Å²) in [7, 11) is 1.99. The monoisotopic (exact) mass is 484 g/mol. The Morgan fingerprint density at radius 1 is 1.00 bits per heavy atom. The van der Waals surface area contributed by atoms with Gasteiger partial charge in [0.15, 0.2) is 0 Å². The highest BCUT2D eigenvalue weighted by Gasteiger charge is 2.35. The quantitative estimate of drug-likeness (QED) is 0.537. The fourth-order valence-electron chi connectivity index (χ4n) is 4.89. The molecule has 0 radical (unpaired) electrons. The minimum Gasteiger partial charge on any atom is -0.355 e. The second kappa shape index (κ2) is 9.31. The van der Waals surface area contributed by atoms with Gasteiger partial charge in [0.2, 0.25) is 5.91 Å². The lowest BCUT2D eigenvalue weighted by molar-refractivity contribution is -0.135. The van der Waals surface area contributed by atoms with E-state index in [1.807, 2.05) is 24.1 Å². The van der Waals surface area contributed by atoms with Gasteiger partial charge in [-0.05, 0) is 43.9 Å². The Kier molecular flexibility index (Phi) is 6.25. The van der Waals surface area contributed by atoms with Crippen molar-refractivity contribution in [2.24, 2.45) is 13.0 Å². The summed E-state index contributed by atoms with van der Waals surface area (Å²) in [6.45, 7) is 3.24. The van der Waals surface area contributed by atoms with Crippen LogP contribution in [0.1, 0.15) is 25.7 Å². The number of hydrogen-bond donors (Lipinski definition) is 0. The highest BCUT2D eigenvalue weighted by atomic mass is 35.5. The average Bonchev–Trinajstić information content (AvgIpc) is 3.46. The molecule has 1 amide bonds. The van der Waals surface area contributed by atoms with Crippen LogP contribution >= 0.6 is 23.2 Å². The molecule has 5 rings (SSSR count). The van der Waals surface area contributed by atoms with Crippen molar-refractivity contribution in [3.05, 3.63) is 47.0 Å². The third kappa shape index (κ3) is 4.32. The van der Waals surface area contributed by atoms with Crippen LogP contribution in [0.3, 0.4) is 0 Å². The topological polar surface area (TPSA) is 67.2 Å². The van der Waals surface area contributed by atoms with E-state index in [1.54, 1.807) is 18.5 Å². The SMILES string of the molecule is Cn1c(-c2ccc(Cl)c(Cl)c2)nc(-c2cncnc2)c1N1CCC(C(=O)N2CCCCC2)C1. The standard InChI is InChI=1S/C24H26Cl2N6O/c1-30-22(16-5-6-19(25)20(26)11-16)29-21(18-12-27-15-28-13-18)23(30)32-10-7-17(14-32)24(33)31-8-3-2-4-9-31/h5-6,11-13,15,17H,2-4,7-10,14H2,1H3. The summed E-state index contributed by atoms with van der Waals surface area (Å²) < 4.78 is 2.07. The third-order valence-electron chi connectivity index (χ3n) is 6.58. The van der Waals surface area contributed by atoms with Crippen molar-refractivity contribution in [3.63, 3.8) is 0 Å². The lowest BCUT2D eigenvalue weighted by Gasteiger charge is -2.29. The Bertz CT molecular complexity index is 1160. The van der Waals surface area contributed by atoms with Gasteiger partial charge in [-0.15, -0.1) is 0 Å². The summed E-state index contributed by atoms with van der Waals surface area (Å²) in [5, 5.41) is 0.988. The Balaban J connectivity index is 1.50. The summed E-state index contributed by atoms with van der Waals surface area (Å²) >= 11 is 12.4. The molecule has 0 spiro atoms. The number of carbonyl (C=O) groups is 1. The number of carbonyl (C=O) groups excluding carboxylic acids is 1. The Morgan fingerprint density at radius 3 is 2.48 bits per heavy atom. The van der Waals surface area contributed by atoms with E-state index in [1.165, 1.54) is 12.7 Å². The number of hydrogen-bond acceptors (Lipinski definition) is 5. The molecule has 0 saturated carbocycles. The van der Waals surface area contributed by atoms with Crippen molar-refractivity contribution < 1.29 is 4.79 Å². The number of anilines is 1. The normalized spacial score (nSPS) is 18.7. The number of aromatic nitrogens is 4. The maximum atomic E-state index is 13.1. The number of benzene rings is 1. The van der Waals surface area contributed by atoms with Crippen LogP contribution in [0.15, 0.2) is 36.9 Å². The summed E-state index contributed by atoms with van der Waals surface area (Å²) in [5.74, 6) is 2.02. The molecule has 2 aliphatic rings. The first-order valence-electron chi connectivity index (χ1n) is 11.3. The van der Waals surface area contributed by atoms with E-state index in [0.717, 1.165) is 67.4 Å². The van der Waals surface area contributed by atoms with Gasteiger partial charge < -0.3 is 14.4 Å². The van der Waals surface area contributed by atoms with Crippen LogP contribution in [0.4, 0.5) is 5.82 Å². The zero-order valence-corrected chi connectivity index (χ0v) is 20.1. The molecule has 0 bridgehead atoms. The number of imidazole rings is 1. The smallest absolute Gasteiger partial charge is 0.227 e. The van der Waals surface area contributed by atoms with Gasteiger partial charge in [-0.2, -0.15) is 0 Å². The number of amides is 1. The first-order valence-corrected chi connectivity index (χ1v) is 12.1. The summed E-state index contributed by atoms with van der Waals surface area (Å²) in [6.07, 6.45) is 9.32. The molecule has 1 atom stereocenters. The third-order valence-corrected chi connectivity index (χ3v) is 7.32. The summed E-state index contributed by atoms with van der Waals surface area (Å²) in [4.78, 5) is 30.8. The van der Waals surface area contributed by atoms with E-state index in [0.29, 0.717) is 16.6 Å². The van der Waals surface area contributed by atoms with E-state index in [9.17, 15) is 4.79 Å². The number of piperidine rings is 1. The zero-order chi connectivity index (χ0) is 22.9. The summed E-state index contributed by atoms with van der Waals surface area (Å²) in [5.41, 5.74) is 2.50. The Morgan fingerprint density at radius 2 is 1.76 bits per heavy atom. The highest BCUT2D eigenvalue weighted by molar-refractivity contribution is 6.42. The Labute approximate surface area is 203 Å². The van der Waals surface area contributed by atoms with E-state index in [-0.39, 0.29) is 11.8 Å². The fourth-order valence-corrected chi connectivity index (χ4v) is 5.19. The number of nitrogens with zero attached hydrogens (tertiary/aromatic N) is 6. The zero-order valence-electron chi connectivity index (χ0n) is 18.5. The van der Waals surface area contributed by atoms with Crippen molar-refractivity contribution in [1.82, 2.24) is 24.4 Å². The molecule has 0 N–H and O–H groups in total. The number of halogens is 2. The van der Waals surface area contributed by atoms with Gasteiger partial charge in [-0.3, -0.25) is 4.79 Å². The lowest BCUT2D eigenvalue weighted by Crippen LogP contribution is -2.40. The van der Waals surface area contributed by atoms with Crippen LogP contribution in [0.25, 0.3) is 22.6 Å². The van der Waals surface area contributed by atoms with Crippen LogP contribution in [-0.4, -0.2) is 56.5 Å². The van der Waals surface area contributed by atoms with E-state index in [4.69, 9.17) is 28.2 Å². The largest absolute Gasteiger partial charge is 0.355 e. The molecular formula is C24H26Cl2N6O. The van der Waals surface area contributed by atoms with Gasteiger partial charge in [-0.1, -0.05) is 23.2 Å². The van der Waals surface area contributed by atoms with Gasteiger partial charge in [-0.25, -0.2) is 15.0 Å². The minimum absolute atomic E-state index is 0.00583. The molecule has 2 saturated heterocycles. The first kappa shape index (κ1) is 22.2. The van der Waals surface area contributed by atoms with Gasteiger partial charge in [0.05, 0.1) is 16.0 Å². The molecule has 4 heterocycles. The van der Waals surface area contributed by atoms with Crippen molar-refractivity contribution in [2.75, 3.05) is 31.1 Å². The molecule has 1 aromatic carbocycles. The molecule has 9 heteroatoms. The van der Waals surface area contributed by atoms with E-state index < -0.39 is 0 Å². The molecule has 2 aromatic heterocycles. The molecule has 2 aliphatic heterocycles. The van der Waals surface area contributed by atoms with Gasteiger partial charge in [0.1, 0.15) is 23.7 Å². The van der Waals surface area contributed by atoms with Crippen LogP contribution in [0.5, 0.6) is 0 Å². The molecular weight excluding hydrogens is 459 g/mol. The van der Waals surface area contributed by atoms with E-state index in [2.05, 4.69) is 19.4 Å². The van der Waals surface area contributed by atoms with Gasteiger partial charge >= 0.3 is 0 Å². The van der Waals surface area contributed by atoms with E-state index >= 15 is 0 Å². The van der Waals surface area contributed by atoms with Crippen molar-refractivity contribution in [3.8, 4) is 22.6 Å². The van der Waals surface area contributed by atoms with Crippen LogP contribution < -0.4 is 4.90 Å². The molecule has 7 nitrogen and oxygen atoms in total. The molecule has 33 heavy (non-hydrogen) atoms. The summed E-state index contributed by atoms with van der Waals surface area (Å²) in [6, 6.07) is 5.52. The lowest BCUT2D eigenvalue weighted by atomic mass is 10.0. The predicted molar refractivity (Wildman–Crippen MR) is 130 cm³/mol. The van der Waals surface area contributed by atoms with Gasteiger partial charge in [0, 0.05) is 56.7 Å². The van der Waals surface area contributed by atoms with Crippen molar-refractivity contribution in [1.29, 1.82) is 0 Å². The Hall–Kier alpha value is -2.64.